The Morgan fingerprint density at radius 2 is 1.95 bits per heavy atom. The van der Waals surface area contributed by atoms with Crippen LogP contribution in [0.3, 0.4) is 0 Å². The third kappa shape index (κ3) is 3.42. The van der Waals surface area contributed by atoms with E-state index in [0.717, 1.165) is 5.56 Å². The molecule has 0 radical (unpaired) electrons. The van der Waals surface area contributed by atoms with Crippen LogP contribution < -0.4 is 5.32 Å². The van der Waals surface area contributed by atoms with Crippen molar-refractivity contribution in [1.82, 2.24) is 5.32 Å². The van der Waals surface area contributed by atoms with E-state index in [1.807, 2.05) is 30.3 Å². The highest BCUT2D eigenvalue weighted by atomic mass is 19.1. The Labute approximate surface area is 117 Å². The lowest BCUT2D eigenvalue weighted by Crippen LogP contribution is -2.30. The van der Waals surface area contributed by atoms with Crippen LogP contribution in [0, 0.1) is 12.7 Å². The van der Waals surface area contributed by atoms with E-state index in [0.29, 0.717) is 5.56 Å². The summed E-state index contributed by atoms with van der Waals surface area (Å²) in [6.45, 7) is 1.50. The van der Waals surface area contributed by atoms with Crippen molar-refractivity contribution in [3.05, 3.63) is 71.0 Å². The van der Waals surface area contributed by atoms with Crippen LogP contribution in [0.5, 0.6) is 0 Å². The van der Waals surface area contributed by atoms with Gasteiger partial charge in [0.15, 0.2) is 0 Å². The molecule has 0 aliphatic heterocycles. The predicted octanol–water partition coefficient (Wildman–Crippen LogP) is 2.60. The fraction of sp³-hybridized carbons (Fsp3) is 0.188. The smallest absolute Gasteiger partial charge is 0.251 e. The average Bonchev–Trinajstić information content (AvgIpc) is 2.44. The van der Waals surface area contributed by atoms with Gasteiger partial charge >= 0.3 is 0 Å². The summed E-state index contributed by atoms with van der Waals surface area (Å²) in [5, 5.41) is 12.1. The summed E-state index contributed by atoms with van der Waals surface area (Å²) in [5.41, 5.74) is 1.73. The summed E-state index contributed by atoms with van der Waals surface area (Å²) in [5.74, 6) is -0.856. The number of halogens is 1. The Bertz CT molecular complexity index is 578. The minimum atomic E-state index is -0.507. The summed E-state index contributed by atoms with van der Waals surface area (Å²) in [7, 11) is 0. The number of hydrogen-bond acceptors (Lipinski definition) is 2. The van der Waals surface area contributed by atoms with Crippen molar-refractivity contribution in [2.75, 3.05) is 6.61 Å². The monoisotopic (exact) mass is 273 g/mol. The first-order valence-corrected chi connectivity index (χ1v) is 6.34. The lowest BCUT2D eigenvalue weighted by molar-refractivity contribution is 0.0915. The van der Waals surface area contributed by atoms with E-state index < -0.39 is 17.8 Å². The average molecular weight is 273 g/mol. The Hall–Kier alpha value is -2.20. The number of rotatable bonds is 4. The molecule has 104 valence electrons. The van der Waals surface area contributed by atoms with Crippen molar-refractivity contribution < 1.29 is 14.3 Å². The summed E-state index contributed by atoms with van der Waals surface area (Å²) in [6, 6.07) is 12.8. The molecular formula is C16H16FNO2. The molecule has 2 aromatic carbocycles. The highest BCUT2D eigenvalue weighted by Crippen LogP contribution is 2.14. The van der Waals surface area contributed by atoms with Gasteiger partial charge in [-0.3, -0.25) is 4.79 Å². The van der Waals surface area contributed by atoms with Crippen LogP contribution in [0.4, 0.5) is 4.39 Å². The zero-order valence-corrected chi connectivity index (χ0v) is 11.1. The van der Waals surface area contributed by atoms with Gasteiger partial charge in [-0.25, -0.2) is 4.39 Å². The number of amides is 1. The van der Waals surface area contributed by atoms with Gasteiger partial charge in [-0.2, -0.15) is 0 Å². The molecule has 0 aliphatic carbocycles. The van der Waals surface area contributed by atoms with Gasteiger partial charge in [-0.15, -0.1) is 0 Å². The standard InChI is InChI=1S/C16H16FNO2/c1-11-7-13(9-14(17)8-11)16(20)18-15(10-19)12-5-3-2-4-6-12/h2-9,15,19H,10H2,1H3,(H,18,20)/t15-/m0/s1. The molecule has 0 fully saturated rings. The van der Waals surface area contributed by atoms with E-state index in [2.05, 4.69) is 5.32 Å². The molecule has 1 atom stereocenters. The molecule has 0 spiro atoms. The van der Waals surface area contributed by atoms with E-state index in [-0.39, 0.29) is 12.2 Å². The molecule has 20 heavy (non-hydrogen) atoms. The first-order valence-electron chi connectivity index (χ1n) is 6.34. The number of carbonyl (C=O) groups excluding carboxylic acids is 1. The second kappa shape index (κ2) is 6.30. The topological polar surface area (TPSA) is 49.3 Å². The molecular weight excluding hydrogens is 257 g/mol. The molecule has 3 nitrogen and oxygen atoms in total. The van der Waals surface area contributed by atoms with Crippen molar-refractivity contribution in [3.8, 4) is 0 Å². The molecule has 4 heteroatoms. The van der Waals surface area contributed by atoms with Gasteiger partial charge in [0.2, 0.25) is 0 Å². The predicted molar refractivity (Wildman–Crippen MR) is 74.9 cm³/mol. The largest absolute Gasteiger partial charge is 0.394 e. The Balaban J connectivity index is 2.17. The summed E-state index contributed by atoms with van der Waals surface area (Å²) < 4.78 is 13.3. The maximum absolute atomic E-state index is 13.3. The number of aryl methyl sites for hydroxylation is 1. The Morgan fingerprint density at radius 3 is 2.55 bits per heavy atom. The number of aliphatic hydroxyl groups excluding tert-OH is 1. The molecule has 2 N–H and O–H groups in total. The van der Waals surface area contributed by atoms with Gasteiger partial charge in [-0.05, 0) is 36.2 Å². The molecule has 0 aliphatic rings. The third-order valence-electron chi connectivity index (χ3n) is 2.99. The van der Waals surface area contributed by atoms with Gasteiger partial charge < -0.3 is 10.4 Å². The maximum atomic E-state index is 13.3. The van der Waals surface area contributed by atoms with Crippen molar-refractivity contribution in [1.29, 1.82) is 0 Å². The lowest BCUT2D eigenvalue weighted by Gasteiger charge is -2.17. The van der Waals surface area contributed by atoms with Gasteiger partial charge in [0.05, 0.1) is 12.6 Å². The van der Waals surface area contributed by atoms with Crippen molar-refractivity contribution in [3.63, 3.8) is 0 Å². The van der Waals surface area contributed by atoms with Gasteiger partial charge in [0, 0.05) is 5.56 Å². The quantitative estimate of drug-likeness (QED) is 0.899. The zero-order chi connectivity index (χ0) is 14.5. The highest BCUT2D eigenvalue weighted by molar-refractivity contribution is 5.94. The molecule has 2 rings (SSSR count). The molecule has 0 unspecified atom stereocenters. The normalized spacial score (nSPS) is 11.9. The van der Waals surface area contributed by atoms with Crippen molar-refractivity contribution in [2.45, 2.75) is 13.0 Å². The summed E-state index contributed by atoms with van der Waals surface area (Å²) >= 11 is 0. The number of aliphatic hydroxyl groups is 1. The van der Waals surface area contributed by atoms with E-state index in [4.69, 9.17) is 0 Å². The van der Waals surface area contributed by atoms with Crippen molar-refractivity contribution >= 4 is 5.91 Å². The van der Waals surface area contributed by atoms with E-state index >= 15 is 0 Å². The highest BCUT2D eigenvalue weighted by Gasteiger charge is 2.15. The second-order valence-corrected chi connectivity index (χ2v) is 4.64. The maximum Gasteiger partial charge on any atom is 0.251 e. The lowest BCUT2D eigenvalue weighted by atomic mass is 10.1. The fourth-order valence-corrected chi connectivity index (χ4v) is 2.03. The molecule has 0 bridgehead atoms. The minimum Gasteiger partial charge on any atom is -0.394 e. The van der Waals surface area contributed by atoms with Crippen LogP contribution >= 0.6 is 0 Å². The van der Waals surface area contributed by atoms with Gasteiger partial charge in [0.25, 0.3) is 5.91 Å². The Kier molecular flexibility index (Phi) is 4.48. The molecule has 2 aromatic rings. The number of hydrogen-bond donors (Lipinski definition) is 2. The van der Waals surface area contributed by atoms with Crippen LogP contribution in [0.15, 0.2) is 48.5 Å². The number of nitrogens with one attached hydrogen (secondary N) is 1. The molecule has 0 aromatic heterocycles. The van der Waals surface area contributed by atoms with Crippen LogP contribution in [0.2, 0.25) is 0 Å². The van der Waals surface area contributed by atoms with Gasteiger partial charge in [-0.1, -0.05) is 30.3 Å². The first-order chi connectivity index (χ1) is 9.60. The van der Waals surface area contributed by atoms with E-state index in [1.54, 1.807) is 13.0 Å². The summed E-state index contributed by atoms with van der Waals surface area (Å²) in [6.07, 6.45) is 0. The number of carbonyl (C=O) groups is 1. The van der Waals surface area contributed by atoms with Gasteiger partial charge in [0.1, 0.15) is 5.82 Å². The molecule has 0 saturated carbocycles. The van der Waals surface area contributed by atoms with Crippen molar-refractivity contribution in [2.24, 2.45) is 0 Å². The minimum absolute atomic E-state index is 0.218. The summed E-state index contributed by atoms with van der Waals surface area (Å²) in [4.78, 5) is 12.1. The van der Waals surface area contributed by atoms with Crippen LogP contribution in [0.1, 0.15) is 27.5 Å². The third-order valence-corrected chi connectivity index (χ3v) is 2.99. The van der Waals surface area contributed by atoms with Crippen LogP contribution in [-0.2, 0) is 0 Å². The Morgan fingerprint density at radius 1 is 1.25 bits per heavy atom. The zero-order valence-electron chi connectivity index (χ0n) is 11.1. The fourth-order valence-electron chi connectivity index (χ4n) is 2.03. The van der Waals surface area contributed by atoms with E-state index in [9.17, 15) is 14.3 Å². The molecule has 0 heterocycles. The van der Waals surface area contributed by atoms with Crippen LogP contribution in [0.25, 0.3) is 0 Å². The van der Waals surface area contributed by atoms with Crippen LogP contribution in [-0.4, -0.2) is 17.6 Å². The first kappa shape index (κ1) is 14.2. The molecule has 0 saturated heterocycles. The SMILES string of the molecule is Cc1cc(F)cc(C(=O)N[C@@H](CO)c2ccccc2)c1. The number of benzene rings is 2. The second-order valence-electron chi connectivity index (χ2n) is 4.64. The van der Waals surface area contributed by atoms with E-state index in [1.165, 1.54) is 12.1 Å². The molecule has 1 amide bonds.